The normalized spacial score (nSPS) is 11.1. The maximum Gasteiger partial charge on any atom is 0.0731 e. The van der Waals surface area contributed by atoms with Gasteiger partial charge in [0.1, 0.15) is 0 Å². The molecule has 0 spiro atoms. The summed E-state index contributed by atoms with van der Waals surface area (Å²) in [6.07, 6.45) is 1.99. The second-order valence-electron chi connectivity index (χ2n) is 4.00. The molecule has 3 aromatic rings. The molecule has 5 heteroatoms. The standard InChI is InChI=1S/C14H8BrCl2NS/c15-8-4-5-11-9(6-8)13(7-18-11)19-12-3-1-2-10(16)14(12)17/h1-7,18H. The fraction of sp³-hybridized carbons (Fsp3) is 0. The molecule has 0 aliphatic carbocycles. The summed E-state index contributed by atoms with van der Waals surface area (Å²) >= 11 is 17.4. The maximum absolute atomic E-state index is 6.22. The predicted molar refractivity (Wildman–Crippen MR) is 86.6 cm³/mol. The Morgan fingerprint density at radius 3 is 2.74 bits per heavy atom. The van der Waals surface area contributed by atoms with E-state index in [-0.39, 0.29) is 0 Å². The van der Waals surface area contributed by atoms with Crippen molar-refractivity contribution in [3.63, 3.8) is 0 Å². The SMILES string of the molecule is Clc1cccc(Sc2c[nH]c3ccc(Br)cc23)c1Cl. The average molecular weight is 373 g/mol. The number of hydrogen-bond acceptors (Lipinski definition) is 1. The van der Waals surface area contributed by atoms with Crippen LogP contribution >= 0.6 is 50.9 Å². The van der Waals surface area contributed by atoms with Crippen LogP contribution in [0, 0.1) is 0 Å². The zero-order valence-electron chi connectivity index (χ0n) is 9.58. The average Bonchev–Trinajstić information content (AvgIpc) is 2.78. The van der Waals surface area contributed by atoms with Crippen LogP contribution in [0.25, 0.3) is 10.9 Å². The van der Waals surface area contributed by atoms with E-state index in [4.69, 9.17) is 23.2 Å². The van der Waals surface area contributed by atoms with Crippen molar-refractivity contribution in [2.24, 2.45) is 0 Å². The minimum Gasteiger partial charge on any atom is -0.360 e. The largest absolute Gasteiger partial charge is 0.360 e. The van der Waals surface area contributed by atoms with Crippen LogP contribution in [0.15, 0.2) is 56.9 Å². The van der Waals surface area contributed by atoms with Crippen molar-refractivity contribution >= 4 is 61.8 Å². The molecule has 19 heavy (non-hydrogen) atoms. The molecule has 96 valence electrons. The fourth-order valence-corrected chi connectivity index (χ4v) is 3.65. The lowest BCUT2D eigenvalue weighted by molar-refractivity contribution is 1.39. The summed E-state index contributed by atoms with van der Waals surface area (Å²) in [7, 11) is 0. The molecule has 0 saturated heterocycles. The third-order valence-corrected chi connectivity index (χ3v) is 5.28. The van der Waals surface area contributed by atoms with Gasteiger partial charge < -0.3 is 4.98 Å². The first kappa shape index (κ1) is 13.4. The Morgan fingerprint density at radius 2 is 1.89 bits per heavy atom. The van der Waals surface area contributed by atoms with Crippen molar-refractivity contribution in [2.75, 3.05) is 0 Å². The highest BCUT2D eigenvalue weighted by Crippen LogP contribution is 2.40. The molecule has 2 aromatic carbocycles. The van der Waals surface area contributed by atoms with E-state index in [0.29, 0.717) is 10.0 Å². The van der Waals surface area contributed by atoms with Crippen LogP contribution in [0.2, 0.25) is 10.0 Å². The topological polar surface area (TPSA) is 15.8 Å². The van der Waals surface area contributed by atoms with Crippen molar-refractivity contribution in [3.05, 3.63) is 57.1 Å². The number of aromatic nitrogens is 1. The van der Waals surface area contributed by atoms with E-state index in [0.717, 1.165) is 25.2 Å². The molecule has 0 unspecified atom stereocenters. The van der Waals surface area contributed by atoms with Crippen molar-refractivity contribution in [3.8, 4) is 0 Å². The number of benzene rings is 2. The Morgan fingerprint density at radius 1 is 1.05 bits per heavy atom. The molecule has 0 saturated carbocycles. The number of H-pyrrole nitrogens is 1. The molecule has 1 heterocycles. The molecule has 1 nitrogen and oxygen atoms in total. The number of hydrogen-bond donors (Lipinski definition) is 1. The molecule has 3 rings (SSSR count). The Balaban J connectivity index is 2.06. The second-order valence-corrected chi connectivity index (χ2v) is 6.78. The van der Waals surface area contributed by atoms with Crippen LogP contribution in [0.3, 0.4) is 0 Å². The number of rotatable bonds is 2. The van der Waals surface area contributed by atoms with Crippen molar-refractivity contribution in [1.82, 2.24) is 4.98 Å². The van der Waals surface area contributed by atoms with Gasteiger partial charge in [-0.25, -0.2) is 0 Å². The lowest BCUT2D eigenvalue weighted by atomic mass is 10.2. The van der Waals surface area contributed by atoms with Crippen molar-refractivity contribution in [2.45, 2.75) is 9.79 Å². The molecule has 0 aliphatic heterocycles. The first-order valence-corrected chi connectivity index (χ1v) is 7.90. The number of nitrogens with one attached hydrogen (secondary N) is 1. The van der Waals surface area contributed by atoms with Crippen molar-refractivity contribution in [1.29, 1.82) is 0 Å². The minimum absolute atomic E-state index is 0.577. The molecule has 0 aliphatic rings. The van der Waals surface area contributed by atoms with Gasteiger partial charge in [-0.3, -0.25) is 0 Å². The molecule has 1 aromatic heterocycles. The van der Waals surface area contributed by atoms with Gasteiger partial charge in [0, 0.05) is 31.4 Å². The van der Waals surface area contributed by atoms with E-state index in [1.54, 1.807) is 17.8 Å². The Labute approximate surface area is 133 Å². The molecule has 0 fully saturated rings. The van der Waals surface area contributed by atoms with E-state index in [1.165, 1.54) is 0 Å². The molecule has 0 radical (unpaired) electrons. The highest BCUT2D eigenvalue weighted by atomic mass is 79.9. The minimum atomic E-state index is 0.577. The molecule has 0 atom stereocenters. The fourth-order valence-electron chi connectivity index (χ4n) is 1.83. The zero-order chi connectivity index (χ0) is 13.4. The van der Waals surface area contributed by atoms with Gasteiger partial charge in [-0.05, 0) is 30.3 Å². The number of fused-ring (bicyclic) bond motifs is 1. The van der Waals surface area contributed by atoms with Gasteiger partial charge in [0.05, 0.1) is 10.0 Å². The van der Waals surface area contributed by atoms with Gasteiger partial charge >= 0.3 is 0 Å². The van der Waals surface area contributed by atoms with Crippen LogP contribution in [-0.4, -0.2) is 4.98 Å². The van der Waals surface area contributed by atoms with Gasteiger partial charge in [0.15, 0.2) is 0 Å². The van der Waals surface area contributed by atoms with Crippen LogP contribution in [0.5, 0.6) is 0 Å². The summed E-state index contributed by atoms with van der Waals surface area (Å²) in [5.41, 5.74) is 1.10. The van der Waals surface area contributed by atoms with Gasteiger partial charge in [0.2, 0.25) is 0 Å². The number of aromatic amines is 1. The monoisotopic (exact) mass is 371 g/mol. The zero-order valence-corrected chi connectivity index (χ0v) is 13.5. The Kier molecular flexibility index (Phi) is 3.81. The van der Waals surface area contributed by atoms with Crippen LogP contribution < -0.4 is 0 Å². The summed E-state index contributed by atoms with van der Waals surface area (Å²) in [6, 6.07) is 11.8. The highest BCUT2D eigenvalue weighted by molar-refractivity contribution is 9.10. The maximum atomic E-state index is 6.22. The molecular formula is C14H8BrCl2NS. The first-order chi connectivity index (χ1) is 9.15. The third kappa shape index (κ3) is 2.65. The Bertz CT molecular complexity index is 754. The van der Waals surface area contributed by atoms with E-state index in [1.807, 2.05) is 30.5 Å². The summed E-state index contributed by atoms with van der Waals surface area (Å²) in [5.74, 6) is 0. The lowest BCUT2D eigenvalue weighted by Gasteiger charge is -2.04. The number of halogens is 3. The summed E-state index contributed by atoms with van der Waals surface area (Å²) in [5, 5.41) is 2.33. The molecule has 1 N–H and O–H groups in total. The van der Waals surface area contributed by atoms with Gasteiger partial charge in [-0.1, -0.05) is 57.0 Å². The highest BCUT2D eigenvalue weighted by Gasteiger charge is 2.10. The summed E-state index contributed by atoms with van der Waals surface area (Å²) in [4.78, 5) is 5.33. The van der Waals surface area contributed by atoms with Gasteiger partial charge in [0.25, 0.3) is 0 Å². The van der Waals surface area contributed by atoms with Crippen LogP contribution in [0.1, 0.15) is 0 Å². The van der Waals surface area contributed by atoms with Gasteiger partial charge in [-0.2, -0.15) is 0 Å². The van der Waals surface area contributed by atoms with E-state index < -0.39 is 0 Å². The van der Waals surface area contributed by atoms with Gasteiger partial charge in [-0.15, -0.1) is 0 Å². The van der Waals surface area contributed by atoms with Crippen molar-refractivity contribution < 1.29 is 0 Å². The molecule has 0 amide bonds. The Hall–Kier alpha value is -0.610. The smallest absolute Gasteiger partial charge is 0.0731 e. The van der Waals surface area contributed by atoms with E-state index >= 15 is 0 Å². The predicted octanol–water partition coefficient (Wildman–Crippen LogP) is 6.39. The lowest BCUT2D eigenvalue weighted by Crippen LogP contribution is -1.76. The second kappa shape index (κ2) is 5.41. The molecular weight excluding hydrogens is 365 g/mol. The van der Waals surface area contributed by atoms with E-state index in [2.05, 4.69) is 27.0 Å². The molecule has 0 bridgehead atoms. The summed E-state index contributed by atoms with van der Waals surface area (Å²) in [6.45, 7) is 0. The quantitative estimate of drug-likeness (QED) is 0.551. The van der Waals surface area contributed by atoms with Crippen LogP contribution in [-0.2, 0) is 0 Å². The first-order valence-electron chi connectivity index (χ1n) is 5.53. The third-order valence-electron chi connectivity index (χ3n) is 2.74. The van der Waals surface area contributed by atoms with Crippen LogP contribution in [0.4, 0.5) is 0 Å². The summed E-state index contributed by atoms with van der Waals surface area (Å²) < 4.78 is 1.05. The van der Waals surface area contributed by atoms with E-state index in [9.17, 15) is 0 Å².